The van der Waals surface area contributed by atoms with Crippen molar-refractivity contribution in [2.75, 3.05) is 13.2 Å². The Labute approximate surface area is 123 Å². The third-order valence-corrected chi connectivity index (χ3v) is 3.66. The highest BCUT2D eigenvalue weighted by atomic mass is 16.5. The van der Waals surface area contributed by atoms with Crippen LogP contribution >= 0.6 is 0 Å². The van der Waals surface area contributed by atoms with Crippen LogP contribution in [0, 0.1) is 0 Å². The molecule has 0 radical (unpaired) electrons. The highest BCUT2D eigenvalue weighted by Gasteiger charge is 2.09. The van der Waals surface area contributed by atoms with Crippen molar-refractivity contribution in [2.45, 2.75) is 72.5 Å². The summed E-state index contributed by atoms with van der Waals surface area (Å²) in [7, 11) is 0. The number of carbonyl (C=O) groups is 1. The van der Waals surface area contributed by atoms with Gasteiger partial charge in [0.2, 0.25) is 0 Å². The minimum Gasteiger partial charge on any atom is -0.478 e. The summed E-state index contributed by atoms with van der Waals surface area (Å²) in [6, 6.07) is 0. The normalized spacial score (nSPS) is 15.7. The first kappa shape index (κ1) is 19.1. The van der Waals surface area contributed by atoms with Crippen molar-refractivity contribution < 1.29 is 19.4 Å². The summed E-state index contributed by atoms with van der Waals surface area (Å²) in [5, 5.41) is 8.88. The third-order valence-electron chi connectivity index (χ3n) is 3.66. The minimum atomic E-state index is -0.850. The molecule has 0 heterocycles. The van der Waals surface area contributed by atoms with Crippen molar-refractivity contribution in [2.24, 2.45) is 0 Å². The molecule has 0 spiro atoms. The zero-order chi connectivity index (χ0) is 15.5. The predicted octanol–water partition coefficient (Wildman–Crippen LogP) is 3.80. The Hall–Kier alpha value is -0.870. The summed E-state index contributed by atoms with van der Waals surface area (Å²) in [6.07, 6.45) is 4.02. The van der Waals surface area contributed by atoms with Crippen molar-refractivity contribution in [1.82, 2.24) is 0 Å². The second-order valence-electron chi connectivity index (χ2n) is 5.24. The van der Waals surface area contributed by atoms with Crippen molar-refractivity contribution in [3.8, 4) is 0 Å². The zero-order valence-electron chi connectivity index (χ0n) is 13.6. The van der Waals surface area contributed by atoms with E-state index < -0.39 is 5.97 Å². The highest BCUT2D eigenvalue weighted by Crippen LogP contribution is 2.11. The standard InChI is InChI=1S/C16H30O4/c1-6-13(4)19-11-9-15(7-2)20-10-8-12(3)14(5)16(17)18/h13,15H,6-11H2,1-5H3,(H,17,18). The molecule has 0 aromatic heterocycles. The van der Waals surface area contributed by atoms with Gasteiger partial charge in [-0.1, -0.05) is 19.4 Å². The predicted molar refractivity (Wildman–Crippen MR) is 81.0 cm³/mol. The Kier molecular flexibility index (Phi) is 10.4. The molecule has 0 rings (SSSR count). The number of hydrogen-bond acceptors (Lipinski definition) is 3. The van der Waals surface area contributed by atoms with Crippen LogP contribution in [0.1, 0.15) is 60.3 Å². The van der Waals surface area contributed by atoms with Gasteiger partial charge in [-0.25, -0.2) is 4.79 Å². The number of carboxylic acid groups (broad SMARTS) is 1. The lowest BCUT2D eigenvalue weighted by Crippen LogP contribution is -2.18. The van der Waals surface area contributed by atoms with Gasteiger partial charge in [0.25, 0.3) is 0 Å². The molecule has 0 fully saturated rings. The Bertz CT molecular complexity index is 310. The number of hydrogen-bond donors (Lipinski definition) is 1. The zero-order valence-corrected chi connectivity index (χ0v) is 13.6. The fraction of sp³-hybridized carbons (Fsp3) is 0.812. The van der Waals surface area contributed by atoms with Gasteiger partial charge in [0.1, 0.15) is 0 Å². The van der Waals surface area contributed by atoms with E-state index in [0.717, 1.165) is 31.4 Å². The summed E-state index contributed by atoms with van der Waals surface area (Å²) < 4.78 is 11.5. The Morgan fingerprint density at radius 1 is 1.10 bits per heavy atom. The highest BCUT2D eigenvalue weighted by molar-refractivity contribution is 5.86. The number of carboxylic acids is 1. The van der Waals surface area contributed by atoms with Crippen molar-refractivity contribution >= 4 is 5.97 Å². The summed E-state index contributed by atoms with van der Waals surface area (Å²) in [5.41, 5.74) is 1.30. The van der Waals surface area contributed by atoms with E-state index in [4.69, 9.17) is 14.6 Å². The molecule has 20 heavy (non-hydrogen) atoms. The van der Waals surface area contributed by atoms with Crippen LogP contribution in [0.25, 0.3) is 0 Å². The molecule has 0 bridgehead atoms. The van der Waals surface area contributed by atoms with E-state index in [1.165, 1.54) is 0 Å². The van der Waals surface area contributed by atoms with Gasteiger partial charge >= 0.3 is 5.97 Å². The van der Waals surface area contributed by atoms with E-state index in [1.807, 2.05) is 6.92 Å². The molecule has 2 unspecified atom stereocenters. The number of aliphatic carboxylic acids is 1. The van der Waals surface area contributed by atoms with Crippen LogP contribution in [0.2, 0.25) is 0 Å². The molecule has 118 valence electrons. The van der Waals surface area contributed by atoms with Crippen molar-refractivity contribution in [3.05, 3.63) is 11.1 Å². The molecular weight excluding hydrogens is 256 g/mol. The van der Waals surface area contributed by atoms with Crippen molar-refractivity contribution in [3.63, 3.8) is 0 Å². The summed E-state index contributed by atoms with van der Waals surface area (Å²) in [4.78, 5) is 10.8. The molecule has 0 aromatic rings. The lowest BCUT2D eigenvalue weighted by atomic mass is 10.1. The molecule has 0 saturated heterocycles. The summed E-state index contributed by atoms with van der Waals surface area (Å²) in [6.45, 7) is 11.0. The lowest BCUT2D eigenvalue weighted by molar-refractivity contribution is -0.132. The van der Waals surface area contributed by atoms with Gasteiger partial charge in [0, 0.05) is 12.2 Å². The first-order valence-corrected chi connectivity index (χ1v) is 7.55. The molecule has 0 aliphatic heterocycles. The van der Waals surface area contributed by atoms with E-state index in [-0.39, 0.29) is 6.10 Å². The molecule has 0 aliphatic carbocycles. The number of ether oxygens (including phenoxy) is 2. The molecule has 4 heteroatoms. The monoisotopic (exact) mass is 286 g/mol. The Morgan fingerprint density at radius 3 is 2.25 bits per heavy atom. The SMILES string of the molecule is CCC(C)OCCC(CC)OCCC(C)=C(C)C(=O)O. The fourth-order valence-corrected chi connectivity index (χ4v) is 1.67. The third kappa shape index (κ3) is 8.33. The average molecular weight is 286 g/mol. The van der Waals surface area contributed by atoms with Gasteiger partial charge in [0.05, 0.1) is 18.8 Å². The van der Waals surface area contributed by atoms with Gasteiger partial charge in [-0.3, -0.25) is 0 Å². The molecule has 0 aliphatic rings. The maximum absolute atomic E-state index is 10.8. The molecular formula is C16H30O4. The Morgan fingerprint density at radius 2 is 1.75 bits per heavy atom. The maximum Gasteiger partial charge on any atom is 0.331 e. The first-order valence-electron chi connectivity index (χ1n) is 7.55. The molecule has 2 atom stereocenters. The van der Waals surface area contributed by atoms with Gasteiger partial charge < -0.3 is 14.6 Å². The first-order chi connectivity index (χ1) is 9.42. The second-order valence-corrected chi connectivity index (χ2v) is 5.24. The smallest absolute Gasteiger partial charge is 0.331 e. The minimum absolute atomic E-state index is 0.192. The van der Waals surface area contributed by atoms with E-state index >= 15 is 0 Å². The van der Waals surface area contributed by atoms with E-state index in [2.05, 4.69) is 20.8 Å². The topological polar surface area (TPSA) is 55.8 Å². The molecule has 0 aromatic carbocycles. The maximum atomic E-state index is 10.8. The van der Waals surface area contributed by atoms with Crippen LogP contribution in [0.15, 0.2) is 11.1 Å². The molecule has 1 N–H and O–H groups in total. The fourth-order valence-electron chi connectivity index (χ4n) is 1.67. The molecule has 0 amide bonds. The lowest BCUT2D eigenvalue weighted by Gasteiger charge is -2.18. The van der Waals surface area contributed by atoms with Gasteiger partial charge in [-0.05, 0) is 46.5 Å². The summed E-state index contributed by atoms with van der Waals surface area (Å²) >= 11 is 0. The Balaban J connectivity index is 3.96. The van der Waals surface area contributed by atoms with Crippen LogP contribution in [-0.4, -0.2) is 36.5 Å². The number of rotatable bonds is 11. The van der Waals surface area contributed by atoms with Gasteiger partial charge in [-0.2, -0.15) is 0 Å². The average Bonchev–Trinajstić information content (AvgIpc) is 2.43. The van der Waals surface area contributed by atoms with E-state index in [1.54, 1.807) is 6.92 Å². The molecule has 0 saturated carbocycles. The van der Waals surface area contributed by atoms with Gasteiger partial charge in [0.15, 0.2) is 0 Å². The quantitative estimate of drug-likeness (QED) is 0.587. The summed E-state index contributed by atoms with van der Waals surface area (Å²) in [5.74, 6) is -0.850. The van der Waals surface area contributed by atoms with Crippen LogP contribution in [0.4, 0.5) is 0 Å². The van der Waals surface area contributed by atoms with Crippen LogP contribution in [-0.2, 0) is 14.3 Å². The van der Waals surface area contributed by atoms with E-state index in [0.29, 0.717) is 24.7 Å². The van der Waals surface area contributed by atoms with E-state index in [9.17, 15) is 4.79 Å². The second kappa shape index (κ2) is 10.9. The van der Waals surface area contributed by atoms with Crippen LogP contribution < -0.4 is 0 Å². The largest absolute Gasteiger partial charge is 0.478 e. The molecule has 4 nitrogen and oxygen atoms in total. The van der Waals surface area contributed by atoms with Crippen LogP contribution in [0.3, 0.4) is 0 Å². The van der Waals surface area contributed by atoms with Crippen LogP contribution in [0.5, 0.6) is 0 Å². The van der Waals surface area contributed by atoms with Crippen molar-refractivity contribution in [1.29, 1.82) is 0 Å². The van der Waals surface area contributed by atoms with Gasteiger partial charge in [-0.15, -0.1) is 0 Å².